The maximum atomic E-state index is 11.2. The van der Waals surface area contributed by atoms with Crippen LogP contribution in [0.4, 0.5) is 0 Å². The summed E-state index contributed by atoms with van der Waals surface area (Å²) in [5.41, 5.74) is 0.817. The largest absolute Gasteiger partial charge is 0.465 e. The number of carbonyl (C=O) groups excluding carboxylic acids is 1. The Hall–Kier alpha value is -0.520. The van der Waals surface area contributed by atoms with Crippen LogP contribution in [0.2, 0.25) is 0 Å². The molecule has 0 amide bonds. The maximum Gasteiger partial charge on any atom is 0.316 e. The molecule has 0 aliphatic carbocycles. The molecule has 0 heterocycles. The van der Waals surface area contributed by atoms with Gasteiger partial charge in [-0.1, -0.05) is 22.0 Å². The third-order valence-corrected chi connectivity index (χ3v) is 3.41. The van der Waals surface area contributed by atoms with Gasteiger partial charge in [0, 0.05) is 9.37 Å². The Bertz CT molecular complexity index is 368. The Morgan fingerprint density at radius 2 is 2.31 bits per heavy atom. The second kappa shape index (κ2) is 6.93. The summed E-state index contributed by atoms with van der Waals surface area (Å²) in [6.45, 7) is 2.14. The van der Waals surface area contributed by atoms with E-state index < -0.39 is 0 Å². The Kier molecular flexibility index (Phi) is 5.87. The molecular formula is C11H13BrO3S. The van der Waals surface area contributed by atoms with Crippen molar-refractivity contribution in [1.82, 2.24) is 0 Å². The highest BCUT2D eigenvalue weighted by Crippen LogP contribution is 2.26. The molecule has 0 aromatic heterocycles. The lowest BCUT2D eigenvalue weighted by Crippen LogP contribution is -2.06. The predicted octanol–water partition coefficient (Wildman–Crippen LogP) is 2.60. The van der Waals surface area contributed by atoms with Gasteiger partial charge >= 0.3 is 5.97 Å². The van der Waals surface area contributed by atoms with E-state index in [-0.39, 0.29) is 18.3 Å². The van der Waals surface area contributed by atoms with Crippen molar-refractivity contribution in [3.63, 3.8) is 0 Å². The zero-order valence-corrected chi connectivity index (χ0v) is 11.3. The molecule has 0 saturated heterocycles. The first-order chi connectivity index (χ1) is 7.67. The molecule has 5 heteroatoms. The van der Waals surface area contributed by atoms with E-state index in [2.05, 4.69) is 15.9 Å². The summed E-state index contributed by atoms with van der Waals surface area (Å²) >= 11 is 4.72. The van der Waals surface area contributed by atoms with E-state index in [0.717, 1.165) is 14.9 Å². The quantitative estimate of drug-likeness (QED) is 0.671. The number of hydrogen-bond acceptors (Lipinski definition) is 4. The molecule has 0 saturated carbocycles. The second-order valence-corrected chi connectivity index (χ2v) is 4.94. The molecule has 1 rings (SSSR count). The van der Waals surface area contributed by atoms with Crippen molar-refractivity contribution in [3.8, 4) is 0 Å². The number of carbonyl (C=O) groups is 1. The Morgan fingerprint density at radius 1 is 1.56 bits per heavy atom. The van der Waals surface area contributed by atoms with Gasteiger partial charge in [0.15, 0.2) is 0 Å². The standard InChI is InChI=1S/C11H13BrO3S/c1-2-15-11(14)7-16-10-5-9(12)4-3-8(10)6-13/h3-5,13H,2,6-7H2,1H3. The number of halogens is 1. The summed E-state index contributed by atoms with van der Waals surface area (Å²) < 4.78 is 5.76. The number of aliphatic hydroxyl groups is 1. The van der Waals surface area contributed by atoms with Gasteiger partial charge < -0.3 is 9.84 Å². The molecule has 0 radical (unpaired) electrons. The molecule has 1 N–H and O–H groups in total. The van der Waals surface area contributed by atoms with Crippen LogP contribution in [0.3, 0.4) is 0 Å². The number of hydrogen-bond donors (Lipinski definition) is 1. The third-order valence-electron chi connectivity index (χ3n) is 1.85. The van der Waals surface area contributed by atoms with Gasteiger partial charge in [-0.3, -0.25) is 4.79 Å². The van der Waals surface area contributed by atoms with Crippen molar-refractivity contribution >= 4 is 33.7 Å². The van der Waals surface area contributed by atoms with Crippen LogP contribution in [0, 0.1) is 0 Å². The molecule has 0 aliphatic heterocycles. The van der Waals surface area contributed by atoms with Gasteiger partial charge in [0.1, 0.15) is 0 Å². The molecule has 0 aliphatic rings. The van der Waals surface area contributed by atoms with E-state index in [1.807, 2.05) is 18.2 Å². The fourth-order valence-electron chi connectivity index (χ4n) is 1.13. The highest BCUT2D eigenvalue weighted by atomic mass is 79.9. The Labute approximate surface area is 107 Å². The van der Waals surface area contributed by atoms with Gasteiger partial charge in [0.2, 0.25) is 0 Å². The van der Waals surface area contributed by atoms with Crippen LogP contribution in [0.1, 0.15) is 12.5 Å². The van der Waals surface area contributed by atoms with Crippen molar-refractivity contribution in [1.29, 1.82) is 0 Å². The topological polar surface area (TPSA) is 46.5 Å². The van der Waals surface area contributed by atoms with Crippen molar-refractivity contribution in [2.75, 3.05) is 12.4 Å². The monoisotopic (exact) mass is 304 g/mol. The predicted molar refractivity (Wildman–Crippen MR) is 67.4 cm³/mol. The molecule has 0 bridgehead atoms. The molecule has 16 heavy (non-hydrogen) atoms. The van der Waals surface area contributed by atoms with E-state index in [1.165, 1.54) is 11.8 Å². The fraction of sp³-hybridized carbons (Fsp3) is 0.364. The van der Waals surface area contributed by atoms with Gasteiger partial charge in [-0.05, 0) is 24.6 Å². The van der Waals surface area contributed by atoms with Crippen molar-refractivity contribution in [2.45, 2.75) is 18.4 Å². The van der Waals surface area contributed by atoms with E-state index in [9.17, 15) is 4.79 Å². The normalized spacial score (nSPS) is 10.2. The Morgan fingerprint density at radius 3 is 2.94 bits per heavy atom. The lowest BCUT2D eigenvalue weighted by molar-refractivity contribution is -0.139. The lowest BCUT2D eigenvalue weighted by atomic mass is 10.2. The van der Waals surface area contributed by atoms with Crippen LogP contribution in [0.15, 0.2) is 27.6 Å². The van der Waals surface area contributed by atoms with Gasteiger partial charge in [-0.25, -0.2) is 0 Å². The summed E-state index contributed by atoms with van der Waals surface area (Å²) in [5, 5.41) is 9.13. The SMILES string of the molecule is CCOC(=O)CSc1cc(Br)ccc1CO. The van der Waals surface area contributed by atoms with Crippen LogP contribution < -0.4 is 0 Å². The molecule has 88 valence electrons. The van der Waals surface area contributed by atoms with Gasteiger partial charge in [0.25, 0.3) is 0 Å². The van der Waals surface area contributed by atoms with Crippen LogP contribution >= 0.6 is 27.7 Å². The molecule has 0 fully saturated rings. The average molecular weight is 305 g/mol. The number of aliphatic hydroxyl groups excluding tert-OH is 1. The molecule has 0 atom stereocenters. The molecule has 1 aromatic carbocycles. The van der Waals surface area contributed by atoms with E-state index in [1.54, 1.807) is 6.92 Å². The van der Waals surface area contributed by atoms with Gasteiger partial charge in [-0.15, -0.1) is 11.8 Å². The number of benzene rings is 1. The minimum absolute atomic E-state index is 0.0293. The smallest absolute Gasteiger partial charge is 0.316 e. The molecular weight excluding hydrogens is 292 g/mol. The van der Waals surface area contributed by atoms with Crippen molar-refractivity contribution in [2.24, 2.45) is 0 Å². The summed E-state index contributed by atoms with van der Waals surface area (Å²) in [5.74, 6) is 0.0217. The average Bonchev–Trinajstić information content (AvgIpc) is 2.27. The van der Waals surface area contributed by atoms with Crippen LogP contribution in [0.25, 0.3) is 0 Å². The summed E-state index contributed by atoms with van der Waals surface area (Å²) in [4.78, 5) is 12.1. The molecule has 0 unspecified atom stereocenters. The number of rotatable bonds is 5. The van der Waals surface area contributed by atoms with Gasteiger partial charge in [-0.2, -0.15) is 0 Å². The number of esters is 1. The van der Waals surface area contributed by atoms with Crippen molar-refractivity contribution in [3.05, 3.63) is 28.2 Å². The second-order valence-electron chi connectivity index (χ2n) is 3.00. The van der Waals surface area contributed by atoms with E-state index in [0.29, 0.717) is 6.61 Å². The minimum Gasteiger partial charge on any atom is -0.465 e. The van der Waals surface area contributed by atoms with Crippen LogP contribution in [-0.4, -0.2) is 23.4 Å². The summed E-state index contributed by atoms with van der Waals surface area (Å²) in [6.07, 6.45) is 0. The highest BCUT2D eigenvalue weighted by Gasteiger charge is 2.07. The molecule has 1 aromatic rings. The molecule has 0 spiro atoms. The minimum atomic E-state index is -0.239. The first-order valence-electron chi connectivity index (χ1n) is 4.85. The number of ether oxygens (including phenoxy) is 1. The van der Waals surface area contributed by atoms with Crippen molar-refractivity contribution < 1.29 is 14.6 Å². The highest BCUT2D eigenvalue weighted by molar-refractivity contribution is 9.10. The zero-order valence-electron chi connectivity index (χ0n) is 8.90. The number of thioether (sulfide) groups is 1. The maximum absolute atomic E-state index is 11.2. The fourth-order valence-corrected chi connectivity index (χ4v) is 2.53. The van der Waals surface area contributed by atoms with Crippen LogP contribution in [-0.2, 0) is 16.1 Å². The molecule has 3 nitrogen and oxygen atoms in total. The lowest BCUT2D eigenvalue weighted by Gasteiger charge is -2.07. The third kappa shape index (κ3) is 4.15. The van der Waals surface area contributed by atoms with E-state index in [4.69, 9.17) is 9.84 Å². The first-order valence-corrected chi connectivity index (χ1v) is 6.63. The van der Waals surface area contributed by atoms with Gasteiger partial charge in [0.05, 0.1) is 19.0 Å². The first kappa shape index (κ1) is 13.5. The summed E-state index contributed by atoms with van der Waals surface area (Å²) in [6, 6.07) is 5.58. The Balaban J connectivity index is 2.65. The van der Waals surface area contributed by atoms with Crippen LogP contribution in [0.5, 0.6) is 0 Å². The van der Waals surface area contributed by atoms with E-state index >= 15 is 0 Å². The summed E-state index contributed by atoms with van der Waals surface area (Å²) in [7, 11) is 0. The zero-order chi connectivity index (χ0) is 12.0.